The van der Waals surface area contributed by atoms with E-state index in [2.05, 4.69) is 15.9 Å². The number of aliphatic carboxylic acids is 1. The van der Waals surface area contributed by atoms with Crippen molar-refractivity contribution in [2.75, 3.05) is 0 Å². The quantitative estimate of drug-likeness (QED) is 0.881. The molecular formula is C9H6BrF3O3. The minimum Gasteiger partial charge on any atom is -0.479 e. The number of carboxylic acid groups (broad SMARTS) is 1. The maximum atomic E-state index is 12.6. The summed E-state index contributed by atoms with van der Waals surface area (Å²) in [5, 5.41) is 17.9. The first kappa shape index (κ1) is 13.0. The van der Waals surface area contributed by atoms with Gasteiger partial charge in [0.1, 0.15) is 0 Å². The van der Waals surface area contributed by atoms with Gasteiger partial charge in [0.15, 0.2) is 0 Å². The zero-order valence-electron chi connectivity index (χ0n) is 7.62. The second-order valence-electron chi connectivity index (χ2n) is 2.99. The van der Waals surface area contributed by atoms with Crippen LogP contribution in [0.1, 0.15) is 5.56 Å². The fraction of sp³-hybridized carbons (Fsp3) is 0.222. The number of carbonyl (C=O) groups is 1. The summed E-state index contributed by atoms with van der Waals surface area (Å²) in [5.74, 6) is -2.37. The first-order chi connectivity index (χ1) is 7.21. The molecule has 0 radical (unpaired) electrons. The zero-order chi connectivity index (χ0) is 12.6. The minimum atomic E-state index is -5.30. The van der Waals surface area contributed by atoms with Gasteiger partial charge in [0.25, 0.3) is 5.60 Å². The predicted octanol–water partition coefficient (Wildman–Crippen LogP) is 2.28. The molecule has 0 saturated carbocycles. The highest BCUT2D eigenvalue weighted by Crippen LogP contribution is 2.41. The largest absolute Gasteiger partial charge is 0.479 e. The third-order valence-corrected chi connectivity index (χ3v) is 2.67. The first-order valence-corrected chi connectivity index (χ1v) is 4.78. The zero-order valence-corrected chi connectivity index (χ0v) is 9.21. The van der Waals surface area contributed by atoms with Crippen molar-refractivity contribution in [3.8, 4) is 0 Å². The Labute approximate surface area is 96.6 Å². The number of rotatable bonds is 2. The smallest absolute Gasteiger partial charge is 0.432 e. The van der Waals surface area contributed by atoms with Crippen molar-refractivity contribution in [1.29, 1.82) is 0 Å². The molecule has 0 bridgehead atoms. The van der Waals surface area contributed by atoms with Gasteiger partial charge in [-0.15, -0.1) is 0 Å². The van der Waals surface area contributed by atoms with E-state index in [4.69, 9.17) is 5.11 Å². The van der Waals surface area contributed by atoms with E-state index in [1.165, 1.54) is 18.2 Å². The van der Waals surface area contributed by atoms with E-state index in [9.17, 15) is 23.1 Å². The van der Waals surface area contributed by atoms with Gasteiger partial charge in [0.2, 0.25) is 0 Å². The summed E-state index contributed by atoms with van der Waals surface area (Å²) in [6, 6.07) is 4.73. The van der Waals surface area contributed by atoms with Crippen molar-refractivity contribution < 1.29 is 28.2 Å². The molecule has 0 aliphatic rings. The highest BCUT2D eigenvalue weighted by atomic mass is 79.9. The van der Waals surface area contributed by atoms with Gasteiger partial charge in [-0.25, -0.2) is 4.79 Å². The topological polar surface area (TPSA) is 57.5 Å². The fourth-order valence-corrected chi connectivity index (χ4v) is 1.72. The molecule has 0 amide bonds. The lowest BCUT2D eigenvalue weighted by molar-refractivity contribution is -0.265. The lowest BCUT2D eigenvalue weighted by atomic mass is 9.93. The molecule has 0 aromatic heterocycles. The van der Waals surface area contributed by atoms with Crippen LogP contribution in [-0.4, -0.2) is 22.4 Å². The molecule has 7 heteroatoms. The first-order valence-electron chi connectivity index (χ1n) is 3.98. The van der Waals surface area contributed by atoms with Crippen molar-refractivity contribution >= 4 is 21.9 Å². The SMILES string of the molecule is O=C(O)C(O)(c1ccccc1Br)C(F)(F)F. The molecule has 3 nitrogen and oxygen atoms in total. The number of halogens is 4. The highest BCUT2D eigenvalue weighted by Gasteiger charge is 2.62. The fourth-order valence-electron chi connectivity index (χ4n) is 1.14. The molecule has 0 spiro atoms. The van der Waals surface area contributed by atoms with Crippen LogP contribution in [0.15, 0.2) is 28.7 Å². The van der Waals surface area contributed by atoms with Gasteiger partial charge in [-0.3, -0.25) is 0 Å². The summed E-state index contributed by atoms with van der Waals surface area (Å²) in [4.78, 5) is 10.6. The third-order valence-electron chi connectivity index (χ3n) is 1.98. The average Bonchev–Trinajstić information content (AvgIpc) is 2.15. The van der Waals surface area contributed by atoms with Gasteiger partial charge < -0.3 is 10.2 Å². The van der Waals surface area contributed by atoms with Gasteiger partial charge in [-0.05, 0) is 6.07 Å². The van der Waals surface area contributed by atoms with Crippen molar-refractivity contribution in [2.45, 2.75) is 11.8 Å². The van der Waals surface area contributed by atoms with Crippen LogP contribution >= 0.6 is 15.9 Å². The molecule has 0 saturated heterocycles. The molecule has 0 aliphatic heterocycles. The molecule has 1 rings (SSSR count). The number of benzene rings is 1. The summed E-state index contributed by atoms with van der Waals surface area (Å²) >= 11 is 2.77. The van der Waals surface area contributed by atoms with Crippen molar-refractivity contribution in [3.05, 3.63) is 34.3 Å². The molecule has 2 N–H and O–H groups in total. The van der Waals surface area contributed by atoms with Crippen LogP contribution in [-0.2, 0) is 10.4 Å². The molecule has 1 aromatic carbocycles. The molecule has 0 heterocycles. The number of hydrogen-bond acceptors (Lipinski definition) is 2. The summed E-state index contributed by atoms with van der Waals surface area (Å²) in [6.45, 7) is 0. The summed E-state index contributed by atoms with van der Waals surface area (Å²) in [5.41, 5.74) is -4.66. The van der Waals surface area contributed by atoms with E-state index in [-0.39, 0.29) is 4.47 Å². The monoisotopic (exact) mass is 298 g/mol. The molecule has 0 fully saturated rings. The second kappa shape index (κ2) is 4.06. The standard InChI is InChI=1S/C9H6BrF3O3/c10-6-4-2-1-3-5(6)8(16,7(14)15)9(11,12)13/h1-4,16H,(H,14,15). The summed E-state index contributed by atoms with van der Waals surface area (Å²) < 4.78 is 37.6. The van der Waals surface area contributed by atoms with E-state index in [0.717, 1.165) is 6.07 Å². The van der Waals surface area contributed by atoms with Crippen LogP contribution in [0.2, 0.25) is 0 Å². The number of carboxylic acids is 1. The Bertz CT molecular complexity index is 419. The van der Waals surface area contributed by atoms with E-state index in [1.54, 1.807) is 0 Å². The van der Waals surface area contributed by atoms with E-state index < -0.39 is 23.3 Å². The average molecular weight is 299 g/mol. The Kier molecular flexibility index (Phi) is 3.30. The van der Waals surface area contributed by atoms with Crippen LogP contribution in [0.3, 0.4) is 0 Å². The van der Waals surface area contributed by atoms with Crippen molar-refractivity contribution in [2.24, 2.45) is 0 Å². The third kappa shape index (κ3) is 1.92. The normalized spacial score (nSPS) is 15.6. The van der Waals surface area contributed by atoms with E-state index in [1.807, 2.05) is 0 Å². The second-order valence-corrected chi connectivity index (χ2v) is 3.85. The Morgan fingerprint density at radius 2 is 1.75 bits per heavy atom. The van der Waals surface area contributed by atoms with Crippen LogP contribution in [0.4, 0.5) is 13.2 Å². The molecule has 1 aromatic rings. The lowest BCUT2D eigenvalue weighted by Gasteiger charge is -2.27. The highest BCUT2D eigenvalue weighted by molar-refractivity contribution is 9.10. The maximum absolute atomic E-state index is 12.6. The number of aliphatic hydroxyl groups is 1. The molecule has 0 aliphatic carbocycles. The van der Waals surface area contributed by atoms with Crippen LogP contribution in [0.5, 0.6) is 0 Å². The minimum absolute atomic E-state index is 0.128. The maximum Gasteiger partial charge on any atom is 0.432 e. The van der Waals surface area contributed by atoms with Gasteiger partial charge in [0, 0.05) is 10.0 Å². The Hall–Kier alpha value is -1.08. The Morgan fingerprint density at radius 1 is 1.25 bits per heavy atom. The molecule has 1 unspecified atom stereocenters. The predicted molar refractivity (Wildman–Crippen MR) is 51.7 cm³/mol. The molecular weight excluding hydrogens is 293 g/mol. The van der Waals surface area contributed by atoms with Crippen LogP contribution in [0, 0.1) is 0 Å². The molecule has 16 heavy (non-hydrogen) atoms. The summed E-state index contributed by atoms with van der Waals surface area (Å²) in [7, 11) is 0. The van der Waals surface area contributed by atoms with Crippen LogP contribution in [0.25, 0.3) is 0 Å². The Balaban J connectivity index is 3.46. The number of alkyl halides is 3. The van der Waals surface area contributed by atoms with Crippen LogP contribution < -0.4 is 0 Å². The van der Waals surface area contributed by atoms with Gasteiger partial charge in [-0.1, -0.05) is 34.1 Å². The van der Waals surface area contributed by atoms with Gasteiger partial charge in [0.05, 0.1) is 0 Å². The van der Waals surface area contributed by atoms with E-state index >= 15 is 0 Å². The van der Waals surface area contributed by atoms with Gasteiger partial charge >= 0.3 is 12.1 Å². The lowest BCUT2D eigenvalue weighted by Crippen LogP contribution is -2.49. The molecule has 88 valence electrons. The van der Waals surface area contributed by atoms with Gasteiger partial charge in [-0.2, -0.15) is 13.2 Å². The Morgan fingerprint density at radius 3 is 2.12 bits per heavy atom. The number of hydrogen-bond donors (Lipinski definition) is 2. The summed E-state index contributed by atoms with van der Waals surface area (Å²) in [6.07, 6.45) is -5.30. The van der Waals surface area contributed by atoms with Crippen molar-refractivity contribution in [3.63, 3.8) is 0 Å². The van der Waals surface area contributed by atoms with Crippen molar-refractivity contribution in [1.82, 2.24) is 0 Å². The molecule has 1 atom stereocenters. The van der Waals surface area contributed by atoms with E-state index in [0.29, 0.717) is 0 Å².